The predicted octanol–water partition coefficient (Wildman–Crippen LogP) is 24.7. The number of aryl methyl sites for hydroxylation is 6. The third-order valence-electron chi connectivity index (χ3n) is 19.5. The number of pyridine rings is 2. The van der Waals surface area contributed by atoms with E-state index in [0.29, 0.717) is 0 Å². The van der Waals surface area contributed by atoms with Gasteiger partial charge in [-0.1, -0.05) is 179 Å². The van der Waals surface area contributed by atoms with Crippen molar-refractivity contribution in [2.45, 2.75) is 41.5 Å². The zero-order valence-corrected chi connectivity index (χ0v) is 68.9. The van der Waals surface area contributed by atoms with Crippen LogP contribution >= 0.6 is 19.1 Å². The largest absolute Gasteiger partial charge is 2.00 e. The quantitative estimate of drug-likeness (QED) is 0.112. The molecule has 0 amide bonds. The molecule has 6 aromatic carbocycles. The first kappa shape index (κ1) is 73.2. The molecule has 15 heteroatoms. The molecule has 0 saturated carbocycles. The molecule has 0 saturated heterocycles. The van der Waals surface area contributed by atoms with Crippen LogP contribution < -0.4 is 0 Å². The molecule has 0 spiro atoms. The van der Waals surface area contributed by atoms with Crippen molar-refractivity contribution in [1.82, 2.24) is 49.8 Å². The van der Waals surface area contributed by atoms with Crippen LogP contribution in [-0.4, -0.2) is 49.8 Å². The fraction of sp³-hybridized carbons (Fsp3) is 0.0652. The Balaban J connectivity index is 0.000000170. The van der Waals surface area contributed by atoms with E-state index in [0.717, 1.165) is 179 Å². The number of hydrogen-bond acceptors (Lipinski definition) is 6. The van der Waals surface area contributed by atoms with Crippen molar-refractivity contribution in [1.29, 1.82) is 0 Å². The third kappa shape index (κ3) is 15.2. The van der Waals surface area contributed by atoms with Gasteiger partial charge in [0.25, 0.3) is 0 Å². The van der Waals surface area contributed by atoms with E-state index in [1.807, 2.05) is 49.1 Å². The number of halogens is 2. The molecule has 0 atom stereocenters. The summed E-state index contributed by atoms with van der Waals surface area (Å²) in [6.07, 6.45) is 24.2. The van der Waals surface area contributed by atoms with Crippen LogP contribution in [0.3, 0.4) is 0 Å². The first-order valence-electron chi connectivity index (χ1n) is 34.8. The van der Waals surface area contributed by atoms with Gasteiger partial charge in [0.2, 0.25) is 0 Å². The molecular weight excluding hydrogens is 1550 g/mol. The van der Waals surface area contributed by atoms with Gasteiger partial charge in [0.05, 0.1) is 45.6 Å². The van der Waals surface area contributed by atoms with Gasteiger partial charge in [-0.05, 0) is 207 Å². The normalized spacial score (nSPS) is 11.7. The molecule has 107 heavy (non-hydrogen) atoms. The van der Waals surface area contributed by atoms with Gasteiger partial charge in [-0.2, -0.15) is 0 Å². The fourth-order valence-corrected chi connectivity index (χ4v) is 14.2. The Kier molecular flexibility index (Phi) is 22.0. The van der Waals surface area contributed by atoms with E-state index in [4.69, 9.17) is 39.0 Å². The SMILES string of the molecule is Cc1ccc(-c2c3nc(c(-c4ccncc4)c4nc(c(-c5ccc(C)cc5)c5ccc([nH]5)c(-c5ccc(C)cc5)c5ccc2[nH]5)C=C4)C=C3)cc1.Cc1ccc(-c2c3nc(c(-c4ccncc4)c4nc(c(-c5ccc(C)cc5)c5ccc([nH]5)c(-c5ccc(C)cc5)c5ccc2[nH]5)C=C4)C=C3)cc1.[Cl][Pd][Cl].[Zn+2].[Zn+2]. The van der Waals surface area contributed by atoms with Crippen LogP contribution in [0.1, 0.15) is 78.9 Å². The smallest absolute Gasteiger partial charge is 2.00 e. The van der Waals surface area contributed by atoms with Crippen LogP contribution in [-0.2, 0) is 54.9 Å². The topological polar surface area (TPSA) is 140 Å². The summed E-state index contributed by atoms with van der Waals surface area (Å²) in [5.41, 5.74) is 39.2. The zero-order chi connectivity index (χ0) is 71.7. The number of aromatic amines is 4. The number of H-pyrrole nitrogens is 4. The van der Waals surface area contributed by atoms with Gasteiger partial charge in [-0.15, -0.1) is 0 Å². The van der Waals surface area contributed by atoms with Gasteiger partial charge in [0.1, 0.15) is 0 Å². The maximum atomic E-state index is 5.36. The minimum absolute atomic E-state index is 0. The number of fused-ring (bicyclic) bond motifs is 16. The minimum atomic E-state index is -0.106. The maximum Gasteiger partial charge on any atom is 2.00 e. The summed E-state index contributed by atoms with van der Waals surface area (Å²) in [6, 6.07) is 77.8. The molecule has 4 N–H and O–H groups in total. The van der Waals surface area contributed by atoms with Crippen LogP contribution in [0, 0.1) is 41.5 Å². The summed E-state index contributed by atoms with van der Waals surface area (Å²) in [5.74, 6) is 0. The van der Waals surface area contributed by atoms with Crippen LogP contribution in [0.2, 0.25) is 0 Å². The Bertz CT molecular complexity index is 5490. The zero-order valence-electron chi connectivity index (χ0n) is 59.9. The number of aromatic nitrogens is 10. The molecule has 18 rings (SSSR count). The van der Waals surface area contributed by atoms with Gasteiger partial charge < -0.3 is 19.9 Å². The Morgan fingerprint density at radius 3 is 0.542 bits per heavy atom. The molecule has 4 aliphatic heterocycles. The molecule has 10 nitrogen and oxygen atoms in total. The summed E-state index contributed by atoms with van der Waals surface area (Å²) in [6.45, 7) is 12.7. The fourth-order valence-electron chi connectivity index (χ4n) is 14.2. The van der Waals surface area contributed by atoms with Crippen molar-refractivity contribution in [3.05, 3.63) is 322 Å². The summed E-state index contributed by atoms with van der Waals surface area (Å²) >= 11 is -0.106. The second kappa shape index (κ2) is 32.2. The Labute approximate surface area is 663 Å². The van der Waals surface area contributed by atoms with Crippen LogP contribution in [0.5, 0.6) is 0 Å². The second-order valence-electron chi connectivity index (χ2n) is 26.7. The second-order valence-corrected chi connectivity index (χ2v) is 29.1. The molecular formula is C92H70Cl2N10PdZn2+4. The van der Waals surface area contributed by atoms with Gasteiger partial charge in [-0.3, -0.25) is 9.97 Å². The van der Waals surface area contributed by atoms with E-state index in [2.05, 4.69) is 314 Å². The molecule has 0 radical (unpaired) electrons. The van der Waals surface area contributed by atoms with Gasteiger partial charge in [-0.25, -0.2) is 19.9 Å². The molecule has 12 heterocycles. The summed E-state index contributed by atoms with van der Waals surface area (Å²) in [5, 5.41) is 0. The van der Waals surface area contributed by atoms with Crippen LogP contribution in [0.25, 0.3) is 182 Å². The van der Waals surface area contributed by atoms with Crippen LogP contribution in [0.4, 0.5) is 0 Å². The molecule has 0 unspecified atom stereocenters. The Morgan fingerprint density at radius 1 is 0.206 bits per heavy atom. The summed E-state index contributed by atoms with van der Waals surface area (Å²) in [7, 11) is 9.63. The maximum absolute atomic E-state index is 5.36. The van der Waals surface area contributed by atoms with Crippen molar-refractivity contribution in [3.63, 3.8) is 0 Å². The number of hydrogen-bond donors (Lipinski definition) is 4. The molecule has 4 aliphatic rings. The standard InChI is InChI=1S/2C46H35N5.2ClH.Pd.2Zn/c2*1-28-4-10-31(11-5-28)43-35-16-18-37(48-35)44(32-12-6-29(2)7-13-32)39-20-22-41(50-39)46(34-24-26-47-27-25-34)42-23-21-40(51-42)45(38-19-17-36(43)49-38)33-14-8-30(3)9-15-33;;;;;/h2*4-27,48-49H,1-3H3;2*1H;;;/q;;;;3*+2/p-2. The first-order chi connectivity index (χ1) is 51.4. The van der Waals surface area contributed by atoms with E-state index >= 15 is 0 Å². The molecule has 16 bridgehead atoms. The molecule has 14 aromatic rings. The number of nitrogens with zero attached hydrogens (tertiary/aromatic N) is 6. The van der Waals surface area contributed by atoms with Gasteiger partial charge in [0.15, 0.2) is 0 Å². The molecule has 512 valence electrons. The summed E-state index contributed by atoms with van der Waals surface area (Å²) in [4.78, 5) is 45.4. The van der Waals surface area contributed by atoms with Crippen LogP contribution in [0.15, 0.2) is 243 Å². The van der Waals surface area contributed by atoms with Crippen molar-refractivity contribution in [2.24, 2.45) is 0 Å². The van der Waals surface area contributed by atoms with E-state index < -0.39 is 0 Å². The third-order valence-corrected chi connectivity index (χ3v) is 19.5. The van der Waals surface area contributed by atoms with Crippen molar-refractivity contribution < 1.29 is 54.9 Å². The van der Waals surface area contributed by atoms with Gasteiger partial charge >= 0.3 is 74.0 Å². The van der Waals surface area contributed by atoms with E-state index in [9.17, 15) is 0 Å². The molecule has 0 aliphatic carbocycles. The van der Waals surface area contributed by atoms with E-state index in [1.165, 1.54) is 33.4 Å². The number of nitrogens with one attached hydrogen (secondary N) is 4. The van der Waals surface area contributed by atoms with Crippen molar-refractivity contribution >= 4 is 112 Å². The monoisotopic (exact) mass is 1620 g/mol. The van der Waals surface area contributed by atoms with E-state index in [1.54, 1.807) is 0 Å². The van der Waals surface area contributed by atoms with Crippen molar-refractivity contribution in [2.75, 3.05) is 0 Å². The number of rotatable bonds is 8. The Hall–Kier alpha value is -10.7. The van der Waals surface area contributed by atoms with E-state index in [-0.39, 0.29) is 54.9 Å². The first-order valence-corrected chi connectivity index (χ1v) is 38.8. The average molecular weight is 1620 g/mol. The average Bonchev–Trinajstić information content (AvgIpc) is 1.62. The summed E-state index contributed by atoms with van der Waals surface area (Å²) < 4.78 is 0. The number of benzene rings is 6. The minimum Gasteiger partial charge on any atom is 2.00 e. The van der Waals surface area contributed by atoms with Gasteiger partial charge in [0, 0.05) is 113 Å². The Morgan fingerprint density at radius 2 is 0.355 bits per heavy atom. The predicted molar refractivity (Wildman–Crippen MR) is 437 cm³/mol. The molecule has 8 aromatic heterocycles. The molecule has 0 fully saturated rings. The van der Waals surface area contributed by atoms with Crippen molar-refractivity contribution in [3.8, 4) is 89.0 Å².